The molecule has 7 heteroatoms. The predicted molar refractivity (Wildman–Crippen MR) is 105 cm³/mol. The van der Waals surface area contributed by atoms with Crippen molar-refractivity contribution in [1.82, 2.24) is 4.98 Å². The van der Waals surface area contributed by atoms with Gasteiger partial charge in [-0.2, -0.15) is 0 Å². The number of nitrogens with one attached hydrogen (secondary N) is 1. The molecule has 0 amide bonds. The van der Waals surface area contributed by atoms with Crippen LogP contribution in [0.3, 0.4) is 0 Å². The van der Waals surface area contributed by atoms with E-state index in [4.69, 9.17) is 4.74 Å². The fourth-order valence-electron chi connectivity index (χ4n) is 2.48. The predicted octanol–water partition coefficient (Wildman–Crippen LogP) is 4.63. The molecule has 5 nitrogen and oxygen atoms in total. The molecule has 0 unspecified atom stereocenters. The Morgan fingerprint density at radius 3 is 2.46 bits per heavy atom. The standard InChI is InChI=1S/C19H20N2O3S2/c1-4-24-18-10-7-15(17-12-25-14(3)20-17)11-19(18)26(22,23)21-16-8-5-13(2)6-9-16/h5-12,21H,4H2,1-3H3. The molecule has 1 N–H and O–H groups in total. The number of aromatic nitrogens is 1. The van der Waals surface area contributed by atoms with Crippen molar-refractivity contribution in [2.24, 2.45) is 0 Å². The second kappa shape index (κ2) is 7.47. The van der Waals surface area contributed by atoms with Crippen LogP contribution >= 0.6 is 11.3 Å². The fourth-order valence-corrected chi connectivity index (χ4v) is 4.33. The Labute approximate surface area is 157 Å². The van der Waals surface area contributed by atoms with Gasteiger partial charge in [-0.05, 0) is 51.1 Å². The van der Waals surface area contributed by atoms with Crippen LogP contribution < -0.4 is 9.46 Å². The molecule has 0 bridgehead atoms. The summed E-state index contributed by atoms with van der Waals surface area (Å²) in [4.78, 5) is 4.54. The summed E-state index contributed by atoms with van der Waals surface area (Å²) in [6.07, 6.45) is 0. The zero-order chi connectivity index (χ0) is 18.7. The highest BCUT2D eigenvalue weighted by atomic mass is 32.2. The van der Waals surface area contributed by atoms with Gasteiger partial charge in [-0.25, -0.2) is 13.4 Å². The van der Waals surface area contributed by atoms with E-state index in [2.05, 4.69) is 9.71 Å². The minimum atomic E-state index is -3.80. The zero-order valence-corrected chi connectivity index (χ0v) is 16.4. The SMILES string of the molecule is CCOc1ccc(-c2csc(C)n2)cc1S(=O)(=O)Nc1ccc(C)cc1. The summed E-state index contributed by atoms with van der Waals surface area (Å²) in [5, 5.41) is 2.84. The van der Waals surface area contributed by atoms with Crippen molar-refractivity contribution in [2.75, 3.05) is 11.3 Å². The molecule has 3 rings (SSSR count). The number of ether oxygens (including phenoxy) is 1. The van der Waals surface area contributed by atoms with Gasteiger partial charge in [0.15, 0.2) is 0 Å². The number of nitrogens with zero attached hydrogens (tertiary/aromatic N) is 1. The largest absolute Gasteiger partial charge is 0.492 e. The summed E-state index contributed by atoms with van der Waals surface area (Å²) in [6, 6.07) is 12.3. The number of hydrogen-bond acceptors (Lipinski definition) is 5. The van der Waals surface area contributed by atoms with Crippen molar-refractivity contribution < 1.29 is 13.2 Å². The molecule has 0 aliphatic carbocycles. The maximum absolute atomic E-state index is 13.0. The van der Waals surface area contributed by atoms with Gasteiger partial charge in [0, 0.05) is 16.6 Å². The molecule has 26 heavy (non-hydrogen) atoms. The van der Waals surface area contributed by atoms with E-state index in [0.29, 0.717) is 18.0 Å². The van der Waals surface area contributed by atoms with E-state index >= 15 is 0 Å². The normalized spacial score (nSPS) is 11.3. The zero-order valence-electron chi connectivity index (χ0n) is 14.8. The van der Waals surface area contributed by atoms with E-state index < -0.39 is 10.0 Å². The number of thiazole rings is 1. The van der Waals surface area contributed by atoms with Crippen molar-refractivity contribution in [1.29, 1.82) is 0 Å². The lowest BCUT2D eigenvalue weighted by atomic mass is 10.2. The van der Waals surface area contributed by atoms with Gasteiger partial charge in [0.05, 0.1) is 17.3 Å². The number of benzene rings is 2. The van der Waals surface area contributed by atoms with E-state index in [1.54, 1.807) is 24.3 Å². The van der Waals surface area contributed by atoms with E-state index in [9.17, 15) is 8.42 Å². The second-order valence-electron chi connectivity index (χ2n) is 5.82. The first-order chi connectivity index (χ1) is 12.4. The first-order valence-corrected chi connectivity index (χ1v) is 10.5. The molecule has 0 fully saturated rings. The molecule has 0 saturated carbocycles. The molecular weight excluding hydrogens is 368 g/mol. The van der Waals surface area contributed by atoms with Crippen molar-refractivity contribution in [3.63, 3.8) is 0 Å². The highest BCUT2D eigenvalue weighted by Gasteiger charge is 2.21. The molecule has 0 aliphatic rings. The number of aryl methyl sites for hydroxylation is 2. The summed E-state index contributed by atoms with van der Waals surface area (Å²) in [6.45, 7) is 6.06. The Balaban J connectivity index is 2.03. The van der Waals surface area contributed by atoms with Crippen LogP contribution in [0.25, 0.3) is 11.3 Å². The van der Waals surface area contributed by atoms with Gasteiger partial charge in [0.1, 0.15) is 10.6 Å². The van der Waals surface area contributed by atoms with Crippen molar-refractivity contribution in [2.45, 2.75) is 25.7 Å². The van der Waals surface area contributed by atoms with E-state index in [1.165, 1.54) is 11.3 Å². The Morgan fingerprint density at radius 2 is 1.85 bits per heavy atom. The molecule has 1 aromatic heterocycles. The Bertz CT molecular complexity index is 1010. The molecule has 0 spiro atoms. The minimum absolute atomic E-state index is 0.100. The van der Waals surface area contributed by atoms with Crippen molar-refractivity contribution in [3.05, 3.63) is 58.4 Å². The third-order valence-electron chi connectivity index (χ3n) is 3.75. The number of hydrogen-bond donors (Lipinski definition) is 1. The number of rotatable bonds is 6. The molecule has 0 radical (unpaired) electrons. The van der Waals surface area contributed by atoms with Gasteiger partial charge in [-0.1, -0.05) is 17.7 Å². The fraction of sp³-hybridized carbons (Fsp3) is 0.211. The van der Waals surface area contributed by atoms with Crippen LogP contribution in [-0.2, 0) is 10.0 Å². The van der Waals surface area contributed by atoms with Gasteiger partial charge in [0.2, 0.25) is 0 Å². The smallest absolute Gasteiger partial charge is 0.265 e. The Kier molecular flexibility index (Phi) is 5.29. The van der Waals surface area contributed by atoms with E-state index in [1.807, 2.05) is 44.4 Å². The Morgan fingerprint density at radius 1 is 1.12 bits per heavy atom. The van der Waals surface area contributed by atoms with Crippen LogP contribution in [0.15, 0.2) is 52.7 Å². The van der Waals surface area contributed by atoms with Crippen LogP contribution in [0.4, 0.5) is 5.69 Å². The third kappa shape index (κ3) is 4.05. The molecule has 0 atom stereocenters. The quantitative estimate of drug-likeness (QED) is 0.669. The summed E-state index contributed by atoms with van der Waals surface area (Å²) in [5.41, 5.74) is 3.06. The van der Waals surface area contributed by atoms with Gasteiger partial charge < -0.3 is 4.74 Å². The van der Waals surface area contributed by atoms with Gasteiger partial charge >= 0.3 is 0 Å². The number of anilines is 1. The molecule has 0 aliphatic heterocycles. The topological polar surface area (TPSA) is 68.3 Å². The number of sulfonamides is 1. The maximum Gasteiger partial charge on any atom is 0.265 e. The molecule has 1 heterocycles. The van der Waals surface area contributed by atoms with Crippen LogP contribution in [0.1, 0.15) is 17.5 Å². The van der Waals surface area contributed by atoms with Crippen molar-refractivity contribution in [3.8, 4) is 17.0 Å². The average Bonchev–Trinajstić information content (AvgIpc) is 3.04. The van der Waals surface area contributed by atoms with E-state index in [0.717, 1.165) is 21.8 Å². The highest BCUT2D eigenvalue weighted by Crippen LogP contribution is 2.32. The van der Waals surface area contributed by atoms with Crippen LogP contribution in [0, 0.1) is 13.8 Å². The summed E-state index contributed by atoms with van der Waals surface area (Å²) in [5.74, 6) is 0.322. The second-order valence-corrected chi connectivity index (χ2v) is 8.53. The first-order valence-electron chi connectivity index (χ1n) is 8.18. The molecule has 3 aromatic rings. The van der Waals surface area contributed by atoms with Gasteiger partial charge in [0.25, 0.3) is 10.0 Å². The highest BCUT2D eigenvalue weighted by molar-refractivity contribution is 7.92. The molecule has 136 valence electrons. The van der Waals surface area contributed by atoms with Crippen molar-refractivity contribution >= 4 is 27.0 Å². The van der Waals surface area contributed by atoms with E-state index in [-0.39, 0.29) is 4.90 Å². The molecule has 2 aromatic carbocycles. The minimum Gasteiger partial charge on any atom is -0.492 e. The Hall–Kier alpha value is -2.38. The molecule has 0 saturated heterocycles. The average molecular weight is 389 g/mol. The summed E-state index contributed by atoms with van der Waals surface area (Å²) >= 11 is 1.52. The van der Waals surface area contributed by atoms with Gasteiger partial charge in [-0.3, -0.25) is 4.72 Å². The van der Waals surface area contributed by atoms with Crippen LogP contribution in [0.5, 0.6) is 5.75 Å². The van der Waals surface area contributed by atoms with Gasteiger partial charge in [-0.15, -0.1) is 11.3 Å². The molecular formula is C19H20N2O3S2. The summed E-state index contributed by atoms with van der Waals surface area (Å²) in [7, 11) is -3.80. The lowest BCUT2D eigenvalue weighted by Crippen LogP contribution is -2.14. The maximum atomic E-state index is 13.0. The monoisotopic (exact) mass is 388 g/mol. The lowest BCUT2D eigenvalue weighted by molar-refractivity contribution is 0.331. The first kappa shape index (κ1) is 18.4. The third-order valence-corrected chi connectivity index (χ3v) is 5.93. The van der Waals surface area contributed by atoms with Crippen LogP contribution in [0.2, 0.25) is 0 Å². The van der Waals surface area contributed by atoms with Crippen LogP contribution in [-0.4, -0.2) is 20.0 Å². The lowest BCUT2D eigenvalue weighted by Gasteiger charge is -2.14. The summed E-state index contributed by atoms with van der Waals surface area (Å²) < 4.78 is 34.1.